The van der Waals surface area contributed by atoms with Crippen LogP contribution >= 0.6 is 0 Å². The highest BCUT2D eigenvalue weighted by atomic mass is 16.2. The summed E-state index contributed by atoms with van der Waals surface area (Å²) in [5.74, 6) is -0.563. The molecule has 1 aromatic rings. The fourth-order valence-corrected chi connectivity index (χ4v) is 2.06. The van der Waals surface area contributed by atoms with E-state index in [0.29, 0.717) is 6.54 Å². The van der Waals surface area contributed by atoms with Gasteiger partial charge in [-0.1, -0.05) is 38.1 Å². The van der Waals surface area contributed by atoms with Crippen LogP contribution in [-0.4, -0.2) is 42.9 Å². The fourth-order valence-electron chi connectivity index (χ4n) is 2.06. The second-order valence-electron chi connectivity index (χ2n) is 5.04. The Morgan fingerprint density at radius 2 is 1.77 bits per heavy atom. The summed E-state index contributed by atoms with van der Waals surface area (Å²) in [6.45, 7) is 7.50. The zero-order valence-electron chi connectivity index (χ0n) is 13.4. The summed E-state index contributed by atoms with van der Waals surface area (Å²) in [6.07, 6.45) is 0. The third-order valence-corrected chi connectivity index (χ3v) is 3.41. The molecule has 122 valence electrons. The lowest BCUT2D eigenvalue weighted by atomic mass is 10.1. The van der Waals surface area contributed by atoms with Gasteiger partial charge in [-0.3, -0.25) is 14.5 Å². The van der Waals surface area contributed by atoms with E-state index in [1.807, 2.05) is 12.1 Å². The zero-order chi connectivity index (χ0) is 16.4. The van der Waals surface area contributed by atoms with E-state index in [0.717, 1.165) is 25.2 Å². The first-order valence-electron chi connectivity index (χ1n) is 7.62. The molecular formula is C16H26N4O2. The number of rotatable bonds is 9. The van der Waals surface area contributed by atoms with E-state index >= 15 is 0 Å². The molecule has 0 aromatic heterocycles. The molecule has 6 heteroatoms. The van der Waals surface area contributed by atoms with Crippen LogP contribution in [0.1, 0.15) is 25.0 Å². The molecule has 0 spiro atoms. The minimum atomic E-state index is -0.337. The Kier molecular flexibility index (Phi) is 8.17. The Hall–Kier alpha value is -1.92. The number of carbonyl (C=O) groups is 2. The molecular weight excluding hydrogens is 280 g/mol. The second kappa shape index (κ2) is 9.92. The van der Waals surface area contributed by atoms with E-state index in [1.165, 1.54) is 5.56 Å². The van der Waals surface area contributed by atoms with E-state index in [2.05, 4.69) is 41.5 Å². The van der Waals surface area contributed by atoms with E-state index < -0.39 is 0 Å². The van der Waals surface area contributed by atoms with E-state index in [9.17, 15) is 9.59 Å². The first-order valence-corrected chi connectivity index (χ1v) is 7.62. The van der Waals surface area contributed by atoms with Gasteiger partial charge in [-0.25, -0.2) is 0 Å². The molecule has 0 unspecified atom stereocenters. The SMILES string of the molecule is CCN(CC)Cc1cccc(CNC(=O)CNC(=O)CN)c1. The van der Waals surface area contributed by atoms with Gasteiger partial charge in [-0.05, 0) is 24.2 Å². The summed E-state index contributed by atoms with van der Waals surface area (Å²) >= 11 is 0. The third kappa shape index (κ3) is 6.69. The monoisotopic (exact) mass is 306 g/mol. The molecule has 4 N–H and O–H groups in total. The van der Waals surface area contributed by atoms with Crippen LogP contribution in [0, 0.1) is 0 Å². The lowest BCUT2D eigenvalue weighted by molar-refractivity contribution is -0.125. The molecule has 1 aromatic carbocycles. The molecule has 1 rings (SSSR count). The number of nitrogens with zero attached hydrogens (tertiary/aromatic N) is 1. The van der Waals surface area contributed by atoms with Crippen LogP contribution in [-0.2, 0) is 22.7 Å². The topological polar surface area (TPSA) is 87.5 Å². The van der Waals surface area contributed by atoms with Crippen molar-refractivity contribution < 1.29 is 9.59 Å². The van der Waals surface area contributed by atoms with Crippen molar-refractivity contribution in [2.45, 2.75) is 26.9 Å². The fraction of sp³-hybridized carbons (Fsp3) is 0.500. The Labute approximate surface area is 132 Å². The summed E-state index contributed by atoms with van der Waals surface area (Å²) in [5.41, 5.74) is 7.43. The number of nitrogens with two attached hydrogens (primary N) is 1. The smallest absolute Gasteiger partial charge is 0.239 e. The van der Waals surface area contributed by atoms with Crippen LogP contribution in [0.25, 0.3) is 0 Å². The van der Waals surface area contributed by atoms with E-state index in [-0.39, 0.29) is 24.9 Å². The van der Waals surface area contributed by atoms with Crippen LogP contribution in [0.3, 0.4) is 0 Å². The largest absolute Gasteiger partial charge is 0.350 e. The number of amides is 2. The van der Waals surface area contributed by atoms with Gasteiger partial charge in [0, 0.05) is 13.1 Å². The molecule has 0 aliphatic carbocycles. The Morgan fingerprint density at radius 3 is 2.41 bits per heavy atom. The number of carbonyl (C=O) groups excluding carboxylic acids is 2. The maximum Gasteiger partial charge on any atom is 0.239 e. The average Bonchev–Trinajstić information content (AvgIpc) is 2.55. The maximum atomic E-state index is 11.6. The van der Waals surface area contributed by atoms with Crippen LogP contribution in [0.2, 0.25) is 0 Å². The predicted octanol–water partition coefficient (Wildman–Crippen LogP) is 0.220. The van der Waals surface area contributed by atoms with Crippen molar-refractivity contribution >= 4 is 11.8 Å². The molecule has 2 amide bonds. The van der Waals surface area contributed by atoms with E-state index in [4.69, 9.17) is 5.73 Å². The Balaban J connectivity index is 2.46. The molecule has 0 saturated carbocycles. The minimum Gasteiger partial charge on any atom is -0.350 e. The van der Waals surface area contributed by atoms with Gasteiger partial charge in [0.15, 0.2) is 0 Å². The highest BCUT2D eigenvalue weighted by Crippen LogP contribution is 2.08. The summed E-state index contributed by atoms with van der Waals surface area (Å²) in [6, 6.07) is 8.16. The first-order chi connectivity index (χ1) is 10.6. The number of hydrogen-bond donors (Lipinski definition) is 3. The first kappa shape index (κ1) is 18.1. The summed E-state index contributed by atoms with van der Waals surface area (Å²) < 4.78 is 0. The van der Waals surface area contributed by atoms with Crippen LogP contribution in [0.4, 0.5) is 0 Å². The van der Waals surface area contributed by atoms with Gasteiger partial charge in [-0.15, -0.1) is 0 Å². The quantitative estimate of drug-likeness (QED) is 0.609. The number of nitrogens with one attached hydrogen (secondary N) is 2. The molecule has 0 aliphatic rings. The van der Waals surface area contributed by atoms with Gasteiger partial charge >= 0.3 is 0 Å². The highest BCUT2D eigenvalue weighted by Gasteiger charge is 2.05. The molecule has 0 saturated heterocycles. The molecule has 0 fully saturated rings. The molecule has 0 aliphatic heterocycles. The van der Waals surface area contributed by atoms with Crippen molar-refractivity contribution in [2.24, 2.45) is 5.73 Å². The number of hydrogen-bond acceptors (Lipinski definition) is 4. The zero-order valence-corrected chi connectivity index (χ0v) is 13.4. The molecule has 0 heterocycles. The lowest BCUT2D eigenvalue weighted by Crippen LogP contribution is -2.39. The van der Waals surface area contributed by atoms with Crippen molar-refractivity contribution in [3.63, 3.8) is 0 Å². The van der Waals surface area contributed by atoms with Crippen molar-refractivity contribution in [3.8, 4) is 0 Å². The molecule has 0 radical (unpaired) electrons. The maximum absolute atomic E-state index is 11.6. The standard InChI is InChI=1S/C16H26N4O2/c1-3-20(4-2)12-14-7-5-6-13(8-14)10-18-16(22)11-19-15(21)9-17/h5-8H,3-4,9-12,17H2,1-2H3,(H,18,22)(H,19,21). The van der Waals surface area contributed by atoms with Gasteiger partial charge in [0.05, 0.1) is 13.1 Å². The number of benzene rings is 1. The minimum absolute atomic E-state index is 0.0465. The molecule has 22 heavy (non-hydrogen) atoms. The molecule has 0 atom stereocenters. The van der Waals surface area contributed by atoms with Crippen molar-refractivity contribution in [2.75, 3.05) is 26.2 Å². The second-order valence-corrected chi connectivity index (χ2v) is 5.04. The molecule has 6 nitrogen and oxygen atoms in total. The van der Waals surface area contributed by atoms with E-state index in [1.54, 1.807) is 0 Å². The Bertz CT molecular complexity index is 487. The highest BCUT2D eigenvalue weighted by molar-refractivity contribution is 5.85. The van der Waals surface area contributed by atoms with Gasteiger partial charge in [-0.2, -0.15) is 0 Å². The van der Waals surface area contributed by atoms with Gasteiger partial charge in [0.1, 0.15) is 0 Å². The average molecular weight is 306 g/mol. The Morgan fingerprint density at radius 1 is 1.09 bits per heavy atom. The van der Waals surface area contributed by atoms with Gasteiger partial charge in [0.2, 0.25) is 11.8 Å². The van der Waals surface area contributed by atoms with Gasteiger partial charge in [0.25, 0.3) is 0 Å². The normalized spacial score (nSPS) is 10.5. The third-order valence-electron chi connectivity index (χ3n) is 3.41. The lowest BCUT2D eigenvalue weighted by Gasteiger charge is -2.18. The van der Waals surface area contributed by atoms with Crippen LogP contribution in [0.5, 0.6) is 0 Å². The van der Waals surface area contributed by atoms with Gasteiger partial charge < -0.3 is 16.4 Å². The van der Waals surface area contributed by atoms with Crippen molar-refractivity contribution in [3.05, 3.63) is 35.4 Å². The van der Waals surface area contributed by atoms with Crippen molar-refractivity contribution in [1.29, 1.82) is 0 Å². The summed E-state index contributed by atoms with van der Waals surface area (Å²) in [5, 5.41) is 5.22. The van der Waals surface area contributed by atoms with Crippen LogP contribution < -0.4 is 16.4 Å². The molecule has 0 bridgehead atoms. The predicted molar refractivity (Wildman–Crippen MR) is 87.0 cm³/mol. The van der Waals surface area contributed by atoms with Crippen molar-refractivity contribution in [1.82, 2.24) is 15.5 Å². The summed E-state index contributed by atoms with van der Waals surface area (Å²) in [7, 11) is 0. The summed E-state index contributed by atoms with van der Waals surface area (Å²) in [4.78, 5) is 24.9. The van der Waals surface area contributed by atoms with Crippen LogP contribution in [0.15, 0.2) is 24.3 Å².